The zero-order chi connectivity index (χ0) is 11.5. The first kappa shape index (κ1) is 10.4. The summed E-state index contributed by atoms with van der Waals surface area (Å²) >= 11 is 1.72. The number of rotatable bonds is 3. The summed E-state index contributed by atoms with van der Waals surface area (Å²) in [6.45, 7) is 0.645. The average Bonchev–Trinajstić information content (AvgIpc) is 2.89. The van der Waals surface area contributed by atoms with E-state index in [0.717, 1.165) is 5.75 Å². The van der Waals surface area contributed by atoms with E-state index in [1.54, 1.807) is 11.3 Å². The molecule has 3 aromatic rings. The molecule has 0 unspecified atom stereocenters. The Balaban J connectivity index is 1.90. The van der Waals surface area contributed by atoms with Crippen molar-refractivity contribution in [1.82, 2.24) is 0 Å². The first-order valence-electron chi connectivity index (χ1n) is 5.56. The summed E-state index contributed by atoms with van der Waals surface area (Å²) in [7, 11) is 0. The van der Waals surface area contributed by atoms with Crippen LogP contribution < -0.4 is 4.74 Å². The lowest BCUT2D eigenvalue weighted by molar-refractivity contribution is 0.313. The summed E-state index contributed by atoms with van der Waals surface area (Å²) in [6, 6.07) is 18.6. The Kier molecular flexibility index (Phi) is 2.80. The van der Waals surface area contributed by atoms with Crippen molar-refractivity contribution in [2.24, 2.45) is 0 Å². The van der Waals surface area contributed by atoms with Gasteiger partial charge in [-0.15, -0.1) is 11.3 Å². The maximum Gasteiger partial charge on any atom is 0.127 e. The second kappa shape index (κ2) is 4.60. The number of fused-ring (bicyclic) bond motifs is 1. The fourth-order valence-electron chi connectivity index (χ4n) is 1.87. The first-order valence-corrected chi connectivity index (χ1v) is 6.44. The van der Waals surface area contributed by atoms with Crippen molar-refractivity contribution < 1.29 is 4.74 Å². The summed E-state index contributed by atoms with van der Waals surface area (Å²) in [5.41, 5.74) is 0. The average molecular weight is 240 g/mol. The Morgan fingerprint density at radius 2 is 1.76 bits per heavy atom. The maximum absolute atomic E-state index is 5.87. The Morgan fingerprint density at radius 1 is 0.882 bits per heavy atom. The Bertz CT molecular complexity index is 608. The van der Waals surface area contributed by atoms with Crippen LogP contribution in [0.5, 0.6) is 5.75 Å². The lowest BCUT2D eigenvalue weighted by Gasteiger charge is -2.08. The van der Waals surface area contributed by atoms with E-state index < -0.39 is 0 Å². The van der Waals surface area contributed by atoms with E-state index >= 15 is 0 Å². The van der Waals surface area contributed by atoms with Gasteiger partial charge in [-0.2, -0.15) is 0 Å². The highest BCUT2D eigenvalue weighted by Crippen LogP contribution is 2.26. The number of thiophene rings is 1. The number of hydrogen-bond donors (Lipinski definition) is 0. The molecule has 0 fully saturated rings. The minimum absolute atomic E-state index is 0.645. The molecular weight excluding hydrogens is 228 g/mol. The molecule has 1 heterocycles. The standard InChI is InChI=1S/C15H12OS/c1-2-8-14-12(5-1)6-3-9-15(14)16-11-13-7-4-10-17-13/h1-10H,11H2. The van der Waals surface area contributed by atoms with Gasteiger partial charge in [0.1, 0.15) is 12.4 Å². The van der Waals surface area contributed by atoms with Gasteiger partial charge in [0, 0.05) is 10.3 Å². The summed E-state index contributed by atoms with van der Waals surface area (Å²) in [6.07, 6.45) is 0. The summed E-state index contributed by atoms with van der Waals surface area (Å²) < 4.78 is 5.87. The van der Waals surface area contributed by atoms with Crippen LogP contribution in [0.3, 0.4) is 0 Å². The number of benzene rings is 2. The van der Waals surface area contributed by atoms with Gasteiger partial charge in [-0.3, -0.25) is 0 Å². The van der Waals surface area contributed by atoms with E-state index in [0.29, 0.717) is 6.61 Å². The van der Waals surface area contributed by atoms with Crippen LogP contribution in [0.15, 0.2) is 60.0 Å². The molecule has 2 heteroatoms. The van der Waals surface area contributed by atoms with Crippen LogP contribution in [-0.4, -0.2) is 0 Å². The zero-order valence-electron chi connectivity index (χ0n) is 9.30. The van der Waals surface area contributed by atoms with Gasteiger partial charge in [-0.05, 0) is 22.9 Å². The minimum Gasteiger partial charge on any atom is -0.487 e. The van der Waals surface area contributed by atoms with Crippen LogP contribution in [0.1, 0.15) is 4.88 Å². The summed E-state index contributed by atoms with van der Waals surface area (Å²) in [5, 5.41) is 4.46. The number of ether oxygens (including phenoxy) is 1. The van der Waals surface area contributed by atoms with Crippen LogP contribution in [0.2, 0.25) is 0 Å². The largest absolute Gasteiger partial charge is 0.487 e. The van der Waals surface area contributed by atoms with E-state index in [4.69, 9.17) is 4.74 Å². The molecule has 17 heavy (non-hydrogen) atoms. The van der Waals surface area contributed by atoms with Crippen molar-refractivity contribution in [3.8, 4) is 5.75 Å². The minimum atomic E-state index is 0.645. The predicted molar refractivity (Wildman–Crippen MR) is 72.6 cm³/mol. The van der Waals surface area contributed by atoms with Crippen molar-refractivity contribution >= 4 is 22.1 Å². The molecule has 0 spiro atoms. The lowest BCUT2D eigenvalue weighted by atomic mass is 10.1. The van der Waals surface area contributed by atoms with E-state index in [1.807, 2.05) is 30.3 Å². The molecule has 0 aliphatic carbocycles. The zero-order valence-corrected chi connectivity index (χ0v) is 10.1. The molecule has 1 aromatic heterocycles. The van der Waals surface area contributed by atoms with Crippen LogP contribution >= 0.6 is 11.3 Å². The fourth-order valence-corrected chi connectivity index (χ4v) is 2.48. The second-order valence-electron chi connectivity index (χ2n) is 3.85. The van der Waals surface area contributed by atoms with Crippen molar-refractivity contribution in [2.45, 2.75) is 6.61 Å². The molecule has 0 saturated heterocycles. The van der Waals surface area contributed by atoms with Crippen molar-refractivity contribution in [3.63, 3.8) is 0 Å². The van der Waals surface area contributed by atoms with Gasteiger partial charge in [-0.25, -0.2) is 0 Å². The molecule has 0 bridgehead atoms. The van der Waals surface area contributed by atoms with Gasteiger partial charge in [0.05, 0.1) is 0 Å². The van der Waals surface area contributed by atoms with Gasteiger partial charge in [0.2, 0.25) is 0 Å². The molecule has 0 saturated carbocycles. The third-order valence-electron chi connectivity index (χ3n) is 2.70. The smallest absolute Gasteiger partial charge is 0.127 e. The van der Waals surface area contributed by atoms with Crippen molar-refractivity contribution in [2.75, 3.05) is 0 Å². The molecule has 0 atom stereocenters. The van der Waals surface area contributed by atoms with Crippen LogP contribution in [0.25, 0.3) is 10.8 Å². The quantitative estimate of drug-likeness (QED) is 0.656. The van der Waals surface area contributed by atoms with Crippen LogP contribution in [-0.2, 0) is 6.61 Å². The second-order valence-corrected chi connectivity index (χ2v) is 4.88. The predicted octanol–water partition coefficient (Wildman–Crippen LogP) is 4.48. The summed E-state index contributed by atoms with van der Waals surface area (Å²) in [5.74, 6) is 0.955. The molecule has 0 N–H and O–H groups in total. The molecule has 2 aromatic carbocycles. The molecule has 84 valence electrons. The van der Waals surface area contributed by atoms with Gasteiger partial charge in [-0.1, -0.05) is 42.5 Å². The Hall–Kier alpha value is -1.80. The third kappa shape index (κ3) is 2.17. The SMILES string of the molecule is c1csc(COc2cccc3ccccc23)c1. The molecule has 0 radical (unpaired) electrons. The fraction of sp³-hybridized carbons (Fsp3) is 0.0667. The van der Waals surface area contributed by atoms with E-state index in [2.05, 4.69) is 29.6 Å². The van der Waals surface area contributed by atoms with Crippen molar-refractivity contribution in [3.05, 3.63) is 64.9 Å². The van der Waals surface area contributed by atoms with Gasteiger partial charge < -0.3 is 4.74 Å². The van der Waals surface area contributed by atoms with Gasteiger partial charge >= 0.3 is 0 Å². The highest BCUT2D eigenvalue weighted by atomic mass is 32.1. The van der Waals surface area contributed by atoms with E-state index in [1.165, 1.54) is 15.6 Å². The maximum atomic E-state index is 5.87. The normalized spacial score (nSPS) is 10.6. The van der Waals surface area contributed by atoms with Gasteiger partial charge in [0.25, 0.3) is 0 Å². The van der Waals surface area contributed by atoms with E-state index in [-0.39, 0.29) is 0 Å². The third-order valence-corrected chi connectivity index (χ3v) is 3.55. The van der Waals surface area contributed by atoms with Crippen LogP contribution in [0, 0.1) is 0 Å². The Labute approximate surface area is 104 Å². The molecule has 1 nitrogen and oxygen atoms in total. The van der Waals surface area contributed by atoms with E-state index in [9.17, 15) is 0 Å². The topological polar surface area (TPSA) is 9.23 Å². The van der Waals surface area contributed by atoms with Gasteiger partial charge in [0.15, 0.2) is 0 Å². The van der Waals surface area contributed by atoms with Crippen molar-refractivity contribution in [1.29, 1.82) is 0 Å². The molecular formula is C15H12OS. The Morgan fingerprint density at radius 3 is 2.65 bits per heavy atom. The monoisotopic (exact) mass is 240 g/mol. The highest BCUT2D eigenvalue weighted by molar-refractivity contribution is 7.09. The lowest BCUT2D eigenvalue weighted by Crippen LogP contribution is -1.93. The molecule has 3 rings (SSSR count). The molecule has 0 aliphatic rings. The number of hydrogen-bond acceptors (Lipinski definition) is 2. The summed E-state index contributed by atoms with van der Waals surface area (Å²) in [4.78, 5) is 1.25. The molecule has 0 amide bonds. The molecule has 0 aliphatic heterocycles. The highest BCUT2D eigenvalue weighted by Gasteiger charge is 2.01. The first-order chi connectivity index (χ1) is 8.43. The van der Waals surface area contributed by atoms with Crippen LogP contribution in [0.4, 0.5) is 0 Å².